The topological polar surface area (TPSA) is 46.6 Å². The van der Waals surface area contributed by atoms with Gasteiger partial charge in [0.25, 0.3) is 0 Å². The summed E-state index contributed by atoms with van der Waals surface area (Å²) in [5.74, 6) is 0.362. The molecule has 0 spiro atoms. The van der Waals surface area contributed by atoms with Gasteiger partial charge in [-0.3, -0.25) is 9.59 Å². The molecule has 92 valence electrons. The summed E-state index contributed by atoms with van der Waals surface area (Å²) in [6, 6.07) is 0.0460. The van der Waals surface area contributed by atoms with Crippen LogP contribution in [0.2, 0.25) is 0 Å². The van der Waals surface area contributed by atoms with Gasteiger partial charge in [-0.1, -0.05) is 6.92 Å². The maximum Gasteiger partial charge on any atom is 0.325 e. The molecule has 0 aromatic carbocycles. The van der Waals surface area contributed by atoms with Crippen molar-refractivity contribution in [2.24, 2.45) is 11.8 Å². The van der Waals surface area contributed by atoms with Crippen LogP contribution in [0.25, 0.3) is 0 Å². The molecule has 1 saturated carbocycles. The lowest BCUT2D eigenvalue weighted by atomic mass is 10.2. The highest BCUT2D eigenvalue weighted by molar-refractivity contribution is 5.85. The number of hydrogen-bond acceptors (Lipinski definition) is 3. The highest BCUT2D eigenvalue weighted by atomic mass is 16.5. The van der Waals surface area contributed by atoms with Gasteiger partial charge in [0, 0.05) is 12.0 Å². The predicted molar refractivity (Wildman–Crippen MR) is 60.8 cm³/mol. The molecule has 0 aromatic rings. The lowest BCUT2D eigenvalue weighted by Gasteiger charge is -2.25. The molecule has 4 heteroatoms. The van der Waals surface area contributed by atoms with Crippen LogP contribution in [0.1, 0.15) is 34.1 Å². The Balaban J connectivity index is 2.54. The minimum atomic E-state index is -0.321. The second-order valence-corrected chi connectivity index (χ2v) is 4.68. The number of rotatable bonds is 5. The maximum atomic E-state index is 12.0. The Kier molecular flexibility index (Phi) is 4.33. The van der Waals surface area contributed by atoms with E-state index in [0.717, 1.165) is 6.42 Å². The summed E-state index contributed by atoms with van der Waals surface area (Å²) in [6.07, 6.45) is 0.949. The monoisotopic (exact) mass is 227 g/mol. The number of carbonyl (C=O) groups excluding carboxylic acids is 2. The van der Waals surface area contributed by atoms with Crippen LogP contribution in [0.3, 0.4) is 0 Å². The van der Waals surface area contributed by atoms with Crippen molar-refractivity contribution < 1.29 is 14.3 Å². The van der Waals surface area contributed by atoms with E-state index in [2.05, 4.69) is 6.92 Å². The summed E-state index contributed by atoms with van der Waals surface area (Å²) >= 11 is 0. The van der Waals surface area contributed by atoms with Crippen molar-refractivity contribution in [1.82, 2.24) is 4.90 Å². The SMILES string of the molecule is CCOC(=O)CN(C(=O)C1CC1C)C(C)C. The van der Waals surface area contributed by atoms with Crippen LogP contribution in [-0.4, -0.2) is 36.0 Å². The Morgan fingerprint density at radius 2 is 2.00 bits per heavy atom. The van der Waals surface area contributed by atoms with Gasteiger partial charge in [-0.15, -0.1) is 0 Å². The fourth-order valence-electron chi connectivity index (χ4n) is 1.74. The third kappa shape index (κ3) is 3.22. The second kappa shape index (κ2) is 5.32. The first-order valence-electron chi connectivity index (χ1n) is 5.93. The molecule has 1 rings (SSSR count). The van der Waals surface area contributed by atoms with E-state index in [1.807, 2.05) is 13.8 Å². The second-order valence-electron chi connectivity index (χ2n) is 4.68. The van der Waals surface area contributed by atoms with Crippen molar-refractivity contribution in [1.29, 1.82) is 0 Å². The van der Waals surface area contributed by atoms with E-state index in [1.165, 1.54) is 0 Å². The van der Waals surface area contributed by atoms with Crippen LogP contribution in [-0.2, 0) is 14.3 Å². The Hall–Kier alpha value is -1.06. The zero-order valence-electron chi connectivity index (χ0n) is 10.5. The first kappa shape index (κ1) is 13.0. The van der Waals surface area contributed by atoms with Crippen molar-refractivity contribution in [2.45, 2.75) is 40.2 Å². The summed E-state index contributed by atoms with van der Waals surface area (Å²) in [6.45, 7) is 8.11. The van der Waals surface area contributed by atoms with Gasteiger partial charge in [0.2, 0.25) is 5.91 Å². The molecule has 2 unspecified atom stereocenters. The smallest absolute Gasteiger partial charge is 0.325 e. The molecule has 0 radical (unpaired) electrons. The lowest BCUT2D eigenvalue weighted by molar-refractivity contribution is -0.150. The lowest BCUT2D eigenvalue weighted by Crippen LogP contribution is -2.42. The van der Waals surface area contributed by atoms with E-state index in [0.29, 0.717) is 12.5 Å². The zero-order chi connectivity index (χ0) is 12.3. The molecule has 16 heavy (non-hydrogen) atoms. The molecule has 2 atom stereocenters. The minimum absolute atomic E-state index is 0.0460. The fraction of sp³-hybridized carbons (Fsp3) is 0.833. The van der Waals surface area contributed by atoms with Gasteiger partial charge in [0.15, 0.2) is 0 Å². The number of carbonyl (C=O) groups is 2. The average molecular weight is 227 g/mol. The van der Waals surface area contributed by atoms with Gasteiger partial charge >= 0.3 is 5.97 Å². The van der Waals surface area contributed by atoms with E-state index in [9.17, 15) is 9.59 Å². The van der Waals surface area contributed by atoms with E-state index in [-0.39, 0.29) is 30.4 Å². The third-order valence-corrected chi connectivity index (χ3v) is 2.94. The van der Waals surface area contributed by atoms with Crippen molar-refractivity contribution >= 4 is 11.9 Å². The molecule has 1 amide bonds. The molecule has 0 N–H and O–H groups in total. The highest BCUT2D eigenvalue weighted by Crippen LogP contribution is 2.39. The zero-order valence-corrected chi connectivity index (χ0v) is 10.5. The number of amides is 1. The van der Waals surface area contributed by atoms with Gasteiger partial charge in [-0.25, -0.2) is 0 Å². The Bertz CT molecular complexity index is 275. The summed E-state index contributed by atoms with van der Waals surface area (Å²) < 4.78 is 4.87. The normalized spacial score (nSPS) is 23.1. The molecule has 0 heterocycles. The van der Waals surface area contributed by atoms with Crippen LogP contribution in [0.4, 0.5) is 0 Å². The maximum absolute atomic E-state index is 12.0. The van der Waals surface area contributed by atoms with E-state index in [4.69, 9.17) is 4.74 Å². The average Bonchev–Trinajstić information content (AvgIpc) is 2.91. The Labute approximate surface area is 96.9 Å². The van der Waals surface area contributed by atoms with Gasteiger partial charge in [0.05, 0.1) is 6.61 Å². The summed E-state index contributed by atoms with van der Waals surface area (Å²) in [7, 11) is 0. The van der Waals surface area contributed by atoms with Gasteiger partial charge in [-0.2, -0.15) is 0 Å². The Morgan fingerprint density at radius 1 is 1.44 bits per heavy atom. The first-order chi connectivity index (χ1) is 7.47. The van der Waals surface area contributed by atoms with Crippen molar-refractivity contribution in [3.05, 3.63) is 0 Å². The summed E-state index contributed by atoms with van der Waals surface area (Å²) in [5, 5.41) is 0. The third-order valence-electron chi connectivity index (χ3n) is 2.94. The standard InChI is InChI=1S/C12H21NO3/c1-5-16-11(14)7-13(8(2)3)12(15)10-6-9(10)4/h8-10H,5-7H2,1-4H3. The minimum Gasteiger partial charge on any atom is -0.465 e. The van der Waals surface area contributed by atoms with Gasteiger partial charge in [-0.05, 0) is 33.1 Å². The molecule has 0 bridgehead atoms. The molecule has 0 saturated heterocycles. The number of ether oxygens (including phenoxy) is 1. The summed E-state index contributed by atoms with van der Waals surface area (Å²) in [5.41, 5.74) is 0. The van der Waals surface area contributed by atoms with Crippen LogP contribution in [0.15, 0.2) is 0 Å². The van der Waals surface area contributed by atoms with E-state index in [1.54, 1.807) is 11.8 Å². The molecule has 1 fully saturated rings. The van der Waals surface area contributed by atoms with E-state index < -0.39 is 0 Å². The highest BCUT2D eigenvalue weighted by Gasteiger charge is 2.42. The molecule has 0 aromatic heterocycles. The van der Waals surface area contributed by atoms with Crippen LogP contribution < -0.4 is 0 Å². The number of hydrogen-bond donors (Lipinski definition) is 0. The molecular weight excluding hydrogens is 206 g/mol. The quantitative estimate of drug-likeness (QED) is 0.668. The largest absolute Gasteiger partial charge is 0.465 e. The fourth-order valence-corrected chi connectivity index (χ4v) is 1.74. The van der Waals surface area contributed by atoms with Gasteiger partial charge in [0.1, 0.15) is 6.54 Å². The van der Waals surface area contributed by atoms with Crippen LogP contribution >= 0.6 is 0 Å². The number of esters is 1. The van der Waals surface area contributed by atoms with E-state index >= 15 is 0 Å². The van der Waals surface area contributed by atoms with Crippen LogP contribution in [0.5, 0.6) is 0 Å². The van der Waals surface area contributed by atoms with Crippen molar-refractivity contribution in [3.63, 3.8) is 0 Å². The van der Waals surface area contributed by atoms with Crippen molar-refractivity contribution in [3.8, 4) is 0 Å². The number of nitrogens with zero attached hydrogens (tertiary/aromatic N) is 1. The van der Waals surface area contributed by atoms with Gasteiger partial charge < -0.3 is 9.64 Å². The molecule has 0 aliphatic heterocycles. The van der Waals surface area contributed by atoms with Crippen LogP contribution in [0, 0.1) is 11.8 Å². The molecular formula is C12H21NO3. The first-order valence-corrected chi connectivity index (χ1v) is 5.93. The molecule has 1 aliphatic rings. The Morgan fingerprint density at radius 3 is 2.38 bits per heavy atom. The predicted octanol–water partition coefficient (Wildman–Crippen LogP) is 1.44. The molecule has 1 aliphatic carbocycles. The summed E-state index contributed by atoms with van der Waals surface area (Å²) in [4.78, 5) is 25.0. The van der Waals surface area contributed by atoms with Crippen molar-refractivity contribution in [2.75, 3.05) is 13.2 Å². The molecule has 4 nitrogen and oxygen atoms in total.